The number of carbonyl (C=O) groups excluding carboxylic acids is 1. The van der Waals surface area contributed by atoms with Gasteiger partial charge in [-0.15, -0.1) is 0 Å². The zero-order valence-corrected chi connectivity index (χ0v) is 11.3. The lowest BCUT2D eigenvalue weighted by atomic mass is 10.1. The van der Waals surface area contributed by atoms with Crippen molar-refractivity contribution in [2.24, 2.45) is 5.73 Å². The van der Waals surface area contributed by atoms with Crippen LogP contribution in [0.5, 0.6) is 0 Å². The Morgan fingerprint density at radius 2 is 1.83 bits per heavy atom. The SMILES string of the molecule is CC(C)OCC(=O)N(C)Cc1ccc(CN)cc1. The van der Waals surface area contributed by atoms with Crippen LogP contribution < -0.4 is 5.73 Å². The number of benzene rings is 1. The molecule has 0 radical (unpaired) electrons. The molecule has 1 aromatic rings. The molecular weight excluding hydrogens is 228 g/mol. The standard InChI is InChI=1S/C14H22N2O2/c1-11(2)18-10-14(17)16(3)9-13-6-4-12(8-15)5-7-13/h4-7,11H,8-10,15H2,1-3H3. The van der Waals surface area contributed by atoms with Crippen LogP contribution in [0.2, 0.25) is 0 Å². The summed E-state index contributed by atoms with van der Waals surface area (Å²) in [6.45, 7) is 5.09. The molecule has 0 heterocycles. The first-order chi connectivity index (χ1) is 8.52. The van der Waals surface area contributed by atoms with Gasteiger partial charge in [0.15, 0.2) is 0 Å². The van der Waals surface area contributed by atoms with Crippen molar-refractivity contribution in [3.05, 3.63) is 35.4 Å². The minimum Gasteiger partial charge on any atom is -0.369 e. The van der Waals surface area contributed by atoms with Gasteiger partial charge in [0.25, 0.3) is 0 Å². The Hall–Kier alpha value is -1.39. The van der Waals surface area contributed by atoms with Crippen LogP contribution in [0.15, 0.2) is 24.3 Å². The molecule has 0 spiro atoms. The highest BCUT2D eigenvalue weighted by molar-refractivity contribution is 5.77. The number of rotatable bonds is 6. The fourth-order valence-corrected chi connectivity index (χ4v) is 1.49. The Morgan fingerprint density at radius 3 is 2.33 bits per heavy atom. The second-order valence-corrected chi connectivity index (χ2v) is 4.63. The maximum atomic E-state index is 11.8. The molecule has 4 heteroatoms. The van der Waals surface area contributed by atoms with Crippen molar-refractivity contribution in [3.8, 4) is 0 Å². The van der Waals surface area contributed by atoms with Gasteiger partial charge in [0.1, 0.15) is 6.61 Å². The van der Waals surface area contributed by atoms with E-state index in [0.717, 1.165) is 11.1 Å². The molecule has 0 aliphatic carbocycles. The number of hydrogen-bond donors (Lipinski definition) is 1. The van der Waals surface area contributed by atoms with Gasteiger partial charge in [-0.05, 0) is 25.0 Å². The summed E-state index contributed by atoms with van der Waals surface area (Å²) in [6.07, 6.45) is 0.0752. The quantitative estimate of drug-likeness (QED) is 0.833. The molecule has 18 heavy (non-hydrogen) atoms. The van der Waals surface area contributed by atoms with E-state index in [-0.39, 0.29) is 18.6 Å². The average Bonchev–Trinajstić information content (AvgIpc) is 2.36. The minimum atomic E-state index is -0.00778. The predicted octanol–water partition coefficient (Wildman–Crippen LogP) is 1.53. The van der Waals surface area contributed by atoms with Crippen LogP contribution in [0.3, 0.4) is 0 Å². The van der Waals surface area contributed by atoms with Gasteiger partial charge in [0.2, 0.25) is 5.91 Å². The first-order valence-electron chi connectivity index (χ1n) is 6.16. The highest BCUT2D eigenvalue weighted by atomic mass is 16.5. The summed E-state index contributed by atoms with van der Waals surface area (Å²) in [6, 6.07) is 7.96. The van der Waals surface area contributed by atoms with Crippen LogP contribution >= 0.6 is 0 Å². The smallest absolute Gasteiger partial charge is 0.248 e. The van der Waals surface area contributed by atoms with E-state index in [1.165, 1.54) is 0 Å². The van der Waals surface area contributed by atoms with Crippen LogP contribution in [0.4, 0.5) is 0 Å². The van der Waals surface area contributed by atoms with E-state index in [9.17, 15) is 4.79 Å². The van der Waals surface area contributed by atoms with E-state index in [1.54, 1.807) is 11.9 Å². The summed E-state index contributed by atoms with van der Waals surface area (Å²) >= 11 is 0. The van der Waals surface area contributed by atoms with Crippen LogP contribution in [-0.2, 0) is 22.6 Å². The van der Waals surface area contributed by atoms with Crippen LogP contribution in [0.25, 0.3) is 0 Å². The highest BCUT2D eigenvalue weighted by Gasteiger charge is 2.10. The van der Waals surface area contributed by atoms with Gasteiger partial charge in [-0.2, -0.15) is 0 Å². The Balaban J connectivity index is 2.47. The summed E-state index contributed by atoms with van der Waals surface area (Å²) < 4.78 is 5.29. The van der Waals surface area contributed by atoms with E-state index in [0.29, 0.717) is 13.1 Å². The third kappa shape index (κ3) is 4.85. The fourth-order valence-electron chi connectivity index (χ4n) is 1.49. The summed E-state index contributed by atoms with van der Waals surface area (Å²) in [5.74, 6) is -0.00778. The molecule has 1 amide bonds. The predicted molar refractivity (Wildman–Crippen MR) is 71.9 cm³/mol. The number of hydrogen-bond acceptors (Lipinski definition) is 3. The average molecular weight is 250 g/mol. The Kier molecular flexibility index (Phi) is 5.82. The van der Waals surface area contributed by atoms with Gasteiger partial charge in [0.05, 0.1) is 6.10 Å². The normalized spacial score (nSPS) is 10.7. The van der Waals surface area contributed by atoms with Gasteiger partial charge < -0.3 is 15.4 Å². The molecule has 2 N–H and O–H groups in total. The lowest BCUT2D eigenvalue weighted by Crippen LogP contribution is -2.30. The molecule has 4 nitrogen and oxygen atoms in total. The summed E-state index contributed by atoms with van der Waals surface area (Å²) in [5, 5.41) is 0. The lowest BCUT2D eigenvalue weighted by Gasteiger charge is -2.18. The van der Waals surface area contributed by atoms with Crippen molar-refractivity contribution in [2.75, 3.05) is 13.7 Å². The first kappa shape index (κ1) is 14.7. The summed E-state index contributed by atoms with van der Waals surface area (Å²) in [7, 11) is 1.78. The van der Waals surface area contributed by atoms with E-state index in [1.807, 2.05) is 38.1 Å². The molecule has 0 aliphatic heterocycles. The van der Waals surface area contributed by atoms with Gasteiger partial charge in [-0.25, -0.2) is 0 Å². The monoisotopic (exact) mass is 250 g/mol. The van der Waals surface area contributed by atoms with E-state index < -0.39 is 0 Å². The third-order valence-corrected chi connectivity index (χ3v) is 2.64. The largest absolute Gasteiger partial charge is 0.369 e. The van der Waals surface area contributed by atoms with Crippen molar-refractivity contribution in [3.63, 3.8) is 0 Å². The molecule has 0 saturated carbocycles. The summed E-state index contributed by atoms with van der Waals surface area (Å²) in [5.41, 5.74) is 7.72. The first-order valence-corrected chi connectivity index (χ1v) is 6.16. The highest BCUT2D eigenvalue weighted by Crippen LogP contribution is 2.06. The molecular formula is C14H22N2O2. The van der Waals surface area contributed by atoms with Crippen molar-refractivity contribution in [2.45, 2.75) is 33.0 Å². The van der Waals surface area contributed by atoms with Crippen molar-refractivity contribution in [1.82, 2.24) is 4.90 Å². The second-order valence-electron chi connectivity index (χ2n) is 4.63. The van der Waals surface area contributed by atoms with Crippen molar-refractivity contribution >= 4 is 5.91 Å². The molecule has 0 fully saturated rings. The van der Waals surface area contributed by atoms with Crippen LogP contribution in [0.1, 0.15) is 25.0 Å². The topological polar surface area (TPSA) is 55.6 Å². The van der Waals surface area contributed by atoms with Crippen molar-refractivity contribution < 1.29 is 9.53 Å². The molecule has 0 unspecified atom stereocenters. The zero-order chi connectivity index (χ0) is 13.5. The van der Waals surface area contributed by atoms with Crippen LogP contribution in [-0.4, -0.2) is 30.6 Å². The number of ether oxygens (including phenoxy) is 1. The number of carbonyl (C=O) groups is 1. The van der Waals surface area contributed by atoms with Gasteiger partial charge >= 0.3 is 0 Å². The Bertz CT molecular complexity index is 374. The molecule has 0 aliphatic rings. The fraction of sp³-hybridized carbons (Fsp3) is 0.500. The zero-order valence-electron chi connectivity index (χ0n) is 11.3. The van der Waals surface area contributed by atoms with Crippen molar-refractivity contribution in [1.29, 1.82) is 0 Å². The Labute approximate surface area is 109 Å². The van der Waals surface area contributed by atoms with Gasteiger partial charge in [-0.1, -0.05) is 24.3 Å². The molecule has 0 aromatic heterocycles. The van der Waals surface area contributed by atoms with E-state index >= 15 is 0 Å². The van der Waals surface area contributed by atoms with E-state index in [2.05, 4.69) is 0 Å². The maximum Gasteiger partial charge on any atom is 0.248 e. The minimum absolute atomic E-state index is 0.00778. The van der Waals surface area contributed by atoms with Crippen LogP contribution in [0, 0.1) is 0 Å². The maximum absolute atomic E-state index is 11.8. The third-order valence-electron chi connectivity index (χ3n) is 2.64. The summed E-state index contributed by atoms with van der Waals surface area (Å²) in [4.78, 5) is 13.4. The van der Waals surface area contributed by atoms with Gasteiger partial charge in [-0.3, -0.25) is 4.79 Å². The second kappa shape index (κ2) is 7.13. The number of amides is 1. The molecule has 1 rings (SSSR count). The molecule has 1 aromatic carbocycles. The molecule has 100 valence electrons. The lowest BCUT2D eigenvalue weighted by molar-refractivity contribution is -0.136. The van der Waals surface area contributed by atoms with E-state index in [4.69, 9.17) is 10.5 Å². The molecule has 0 saturated heterocycles. The number of likely N-dealkylation sites (N-methyl/N-ethyl adjacent to an activating group) is 1. The van der Waals surface area contributed by atoms with Gasteiger partial charge in [0, 0.05) is 20.1 Å². The number of nitrogens with zero attached hydrogens (tertiary/aromatic N) is 1. The Morgan fingerprint density at radius 1 is 1.28 bits per heavy atom. The molecule has 0 atom stereocenters. The number of nitrogens with two attached hydrogens (primary N) is 1. The molecule has 0 bridgehead atoms.